The largest absolute Gasteiger partial charge is 0.300 e. The summed E-state index contributed by atoms with van der Waals surface area (Å²) in [4.78, 5) is 16.8. The zero-order valence-corrected chi connectivity index (χ0v) is 13.6. The van der Waals surface area contributed by atoms with Crippen LogP contribution in [-0.4, -0.2) is 11.1 Å². The van der Waals surface area contributed by atoms with Gasteiger partial charge in [-0.05, 0) is 59.8 Å². The van der Waals surface area contributed by atoms with E-state index in [9.17, 15) is 9.18 Å². The molecule has 0 bridgehead atoms. The van der Waals surface area contributed by atoms with E-state index >= 15 is 0 Å². The highest BCUT2D eigenvalue weighted by atomic mass is 79.9. The van der Waals surface area contributed by atoms with Gasteiger partial charge in [-0.3, -0.25) is 4.79 Å². The molecule has 0 aliphatic carbocycles. The number of carbonyl (C=O) groups is 1. The number of halogens is 2. The maximum atomic E-state index is 12.9. The normalized spacial score (nSPS) is 18.0. The van der Waals surface area contributed by atoms with Crippen LogP contribution in [0.25, 0.3) is 6.08 Å². The van der Waals surface area contributed by atoms with Crippen LogP contribution in [0.2, 0.25) is 0 Å². The number of carbonyl (C=O) groups excluding carboxylic acids is 1. The van der Waals surface area contributed by atoms with E-state index in [1.165, 1.54) is 23.9 Å². The van der Waals surface area contributed by atoms with E-state index in [0.29, 0.717) is 15.8 Å². The third-order valence-electron chi connectivity index (χ3n) is 2.88. The molecular weight excluding hydrogens is 367 g/mol. The lowest BCUT2D eigenvalue weighted by atomic mass is 10.2. The maximum absolute atomic E-state index is 12.9. The van der Waals surface area contributed by atoms with Gasteiger partial charge in [0.05, 0.1) is 10.6 Å². The van der Waals surface area contributed by atoms with Crippen LogP contribution in [0.15, 0.2) is 62.9 Å². The van der Waals surface area contributed by atoms with Gasteiger partial charge in [0, 0.05) is 4.47 Å². The van der Waals surface area contributed by atoms with Crippen LogP contribution in [0.1, 0.15) is 5.56 Å². The van der Waals surface area contributed by atoms with Crippen molar-refractivity contribution in [1.82, 2.24) is 5.32 Å². The lowest BCUT2D eigenvalue weighted by Gasteiger charge is -1.96. The summed E-state index contributed by atoms with van der Waals surface area (Å²) in [7, 11) is 0. The zero-order chi connectivity index (χ0) is 15.5. The summed E-state index contributed by atoms with van der Waals surface area (Å²) in [5, 5.41) is 3.19. The standard InChI is InChI=1S/C16H10BrFN2OS/c17-11-3-1-10(2-4-11)9-14-15(21)20-16(22-14)19-13-7-5-12(18)6-8-13/h1-9H,(H,19,20,21)/b14-9+. The van der Waals surface area contributed by atoms with Gasteiger partial charge in [0.1, 0.15) is 5.82 Å². The van der Waals surface area contributed by atoms with Crippen molar-refractivity contribution in [1.29, 1.82) is 0 Å². The summed E-state index contributed by atoms with van der Waals surface area (Å²) in [5.41, 5.74) is 1.53. The summed E-state index contributed by atoms with van der Waals surface area (Å²) in [5.74, 6) is -0.503. The van der Waals surface area contributed by atoms with Crippen molar-refractivity contribution >= 4 is 50.5 Å². The third kappa shape index (κ3) is 3.64. The van der Waals surface area contributed by atoms with E-state index in [1.807, 2.05) is 24.3 Å². The molecule has 0 spiro atoms. The molecule has 3 nitrogen and oxygen atoms in total. The number of nitrogens with zero attached hydrogens (tertiary/aromatic N) is 1. The monoisotopic (exact) mass is 376 g/mol. The summed E-state index contributed by atoms with van der Waals surface area (Å²) in [6, 6.07) is 13.4. The van der Waals surface area contributed by atoms with Crippen LogP contribution in [0, 0.1) is 5.82 Å². The first-order chi connectivity index (χ1) is 10.6. The number of nitrogens with one attached hydrogen (secondary N) is 1. The van der Waals surface area contributed by atoms with Crippen molar-refractivity contribution in [3.8, 4) is 0 Å². The molecule has 3 rings (SSSR count). The number of hydrogen-bond donors (Lipinski definition) is 1. The van der Waals surface area contributed by atoms with Gasteiger partial charge in [-0.1, -0.05) is 28.1 Å². The van der Waals surface area contributed by atoms with E-state index in [4.69, 9.17) is 0 Å². The van der Waals surface area contributed by atoms with Crippen molar-refractivity contribution in [3.63, 3.8) is 0 Å². The number of amidine groups is 1. The number of benzene rings is 2. The third-order valence-corrected chi connectivity index (χ3v) is 4.31. The molecule has 1 amide bonds. The van der Waals surface area contributed by atoms with Crippen molar-refractivity contribution in [3.05, 3.63) is 69.3 Å². The van der Waals surface area contributed by atoms with Gasteiger partial charge in [-0.2, -0.15) is 0 Å². The second kappa shape index (κ2) is 6.46. The van der Waals surface area contributed by atoms with Gasteiger partial charge in [-0.15, -0.1) is 0 Å². The van der Waals surface area contributed by atoms with Crippen LogP contribution in [-0.2, 0) is 4.79 Å². The number of aliphatic imine (C=N–C) groups is 1. The highest BCUT2D eigenvalue weighted by Gasteiger charge is 2.23. The van der Waals surface area contributed by atoms with E-state index in [0.717, 1.165) is 10.0 Å². The molecule has 2 aromatic carbocycles. The van der Waals surface area contributed by atoms with Crippen LogP contribution in [0.5, 0.6) is 0 Å². The average molecular weight is 377 g/mol. The summed E-state index contributed by atoms with van der Waals surface area (Å²) in [6.45, 7) is 0. The summed E-state index contributed by atoms with van der Waals surface area (Å²) in [6.07, 6.45) is 1.81. The van der Waals surface area contributed by atoms with Gasteiger partial charge in [0.15, 0.2) is 5.17 Å². The molecule has 0 saturated carbocycles. The Morgan fingerprint density at radius 2 is 1.77 bits per heavy atom. The number of thioether (sulfide) groups is 1. The molecule has 1 heterocycles. The predicted octanol–water partition coefficient (Wildman–Crippen LogP) is 4.48. The molecule has 1 fully saturated rings. The molecule has 1 aliphatic rings. The fraction of sp³-hybridized carbons (Fsp3) is 0. The molecule has 1 saturated heterocycles. The summed E-state index contributed by atoms with van der Waals surface area (Å²) >= 11 is 4.63. The second-order valence-corrected chi connectivity index (χ2v) is 6.46. The zero-order valence-electron chi connectivity index (χ0n) is 11.2. The minimum absolute atomic E-state index is 0.186. The van der Waals surface area contributed by atoms with Crippen LogP contribution >= 0.6 is 27.7 Å². The molecule has 0 aromatic heterocycles. The van der Waals surface area contributed by atoms with Gasteiger partial charge < -0.3 is 5.32 Å². The quantitative estimate of drug-likeness (QED) is 0.785. The smallest absolute Gasteiger partial charge is 0.264 e. The Hall–Kier alpha value is -1.92. The summed E-state index contributed by atoms with van der Waals surface area (Å²) < 4.78 is 13.8. The molecule has 2 aromatic rings. The molecule has 6 heteroatoms. The van der Waals surface area contributed by atoms with Crippen LogP contribution in [0.3, 0.4) is 0 Å². The maximum Gasteiger partial charge on any atom is 0.264 e. The average Bonchev–Trinajstić information content (AvgIpc) is 2.84. The molecule has 110 valence electrons. The lowest BCUT2D eigenvalue weighted by Crippen LogP contribution is -2.19. The first-order valence-electron chi connectivity index (χ1n) is 6.41. The van der Waals surface area contributed by atoms with E-state index < -0.39 is 0 Å². The highest BCUT2D eigenvalue weighted by molar-refractivity contribution is 9.10. The van der Waals surface area contributed by atoms with Crippen molar-refractivity contribution < 1.29 is 9.18 Å². The molecule has 0 unspecified atom stereocenters. The number of hydrogen-bond acceptors (Lipinski definition) is 3. The fourth-order valence-corrected chi connectivity index (χ4v) is 2.93. The van der Waals surface area contributed by atoms with Gasteiger partial charge in [-0.25, -0.2) is 9.38 Å². The predicted molar refractivity (Wildman–Crippen MR) is 91.3 cm³/mol. The minimum atomic E-state index is -0.317. The molecule has 0 atom stereocenters. The molecule has 1 aliphatic heterocycles. The highest BCUT2D eigenvalue weighted by Crippen LogP contribution is 2.28. The van der Waals surface area contributed by atoms with E-state index in [2.05, 4.69) is 26.2 Å². The molecule has 0 radical (unpaired) electrons. The Labute approximate surface area is 139 Å². The minimum Gasteiger partial charge on any atom is -0.300 e. The van der Waals surface area contributed by atoms with Gasteiger partial charge >= 0.3 is 0 Å². The Morgan fingerprint density at radius 1 is 1.09 bits per heavy atom. The first-order valence-corrected chi connectivity index (χ1v) is 8.02. The molecular formula is C16H10BrFN2OS. The van der Waals surface area contributed by atoms with Crippen LogP contribution < -0.4 is 5.32 Å². The molecule has 22 heavy (non-hydrogen) atoms. The van der Waals surface area contributed by atoms with Gasteiger partial charge in [0.25, 0.3) is 5.91 Å². The Bertz CT molecular complexity index is 770. The fourth-order valence-electron chi connectivity index (χ4n) is 1.82. The first kappa shape index (κ1) is 15.0. The van der Waals surface area contributed by atoms with Gasteiger partial charge in [0.2, 0.25) is 0 Å². The van der Waals surface area contributed by atoms with E-state index in [1.54, 1.807) is 18.2 Å². The Balaban J connectivity index is 1.80. The second-order valence-electron chi connectivity index (χ2n) is 4.51. The van der Waals surface area contributed by atoms with Crippen molar-refractivity contribution in [2.75, 3.05) is 0 Å². The van der Waals surface area contributed by atoms with E-state index in [-0.39, 0.29) is 11.7 Å². The lowest BCUT2D eigenvalue weighted by molar-refractivity contribution is -0.115. The molecule has 1 N–H and O–H groups in total. The number of rotatable bonds is 2. The topological polar surface area (TPSA) is 41.5 Å². The number of amides is 1. The Kier molecular flexibility index (Phi) is 4.40. The van der Waals surface area contributed by atoms with Crippen LogP contribution in [0.4, 0.5) is 10.1 Å². The Morgan fingerprint density at radius 3 is 2.45 bits per heavy atom. The van der Waals surface area contributed by atoms with Crippen molar-refractivity contribution in [2.24, 2.45) is 4.99 Å². The SMILES string of the molecule is O=C1NC(=Nc2ccc(F)cc2)S/C1=C/c1ccc(Br)cc1. The van der Waals surface area contributed by atoms with Crippen molar-refractivity contribution in [2.45, 2.75) is 0 Å².